The number of methoxy groups -OCH3 is 1. The maximum absolute atomic E-state index is 12.2. The summed E-state index contributed by atoms with van der Waals surface area (Å²) in [5, 5.41) is 3.40. The first-order valence-corrected chi connectivity index (χ1v) is 9.85. The number of ether oxygens (including phenoxy) is 2. The lowest BCUT2D eigenvalue weighted by molar-refractivity contribution is -0.137. The SMILES string of the molecule is CCOC(=O)/C=C1\SCC(=O)N1CCN(C)CC(=O)Nc1cccc(OC)c1. The fourth-order valence-corrected chi connectivity index (χ4v) is 3.51. The molecular formula is C19H25N3O5S. The second-order valence-corrected chi connectivity index (χ2v) is 7.08. The van der Waals surface area contributed by atoms with Crippen LogP contribution in [0.25, 0.3) is 0 Å². The molecule has 1 N–H and O–H groups in total. The number of benzene rings is 1. The van der Waals surface area contributed by atoms with Crippen molar-refractivity contribution in [2.75, 3.05) is 51.5 Å². The molecule has 1 aromatic rings. The van der Waals surface area contributed by atoms with Crippen molar-refractivity contribution in [1.29, 1.82) is 0 Å². The van der Waals surface area contributed by atoms with Crippen LogP contribution in [0.4, 0.5) is 5.69 Å². The van der Waals surface area contributed by atoms with E-state index in [2.05, 4.69) is 5.32 Å². The number of rotatable bonds is 9. The monoisotopic (exact) mass is 407 g/mol. The topological polar surface area (TPSA) is 88.2 Å². The zero-order valence-corrected chi connectivity index (χ0v) is 17.1. The summed E-state index contributed by atoms with van der Waals surface area (Å²) in [6.45, 7) is 3.06. The van der Waals surface area contributed by atoms with Crippen molar-refractivity contribution >= 4 is 35.2 Å². The highest BCUT2D eigenvalue weighted by molar-refractivity contribution is 8.04. The molecule has 28 heavy (non-hydrogen) atoms. The normalized spacial score (nSPS) is 15.2. The largest absolute Gasteiger partial charge is 0.497 e. The lowest BCUT2D eigenvalue weighted by Gasteiger charge is -2.22. The van der Waals surface area contributed by atoms with Crippen molar-refractivity contribution < 1.29 is 23.9 Å². The Morgan fingerprint density at radius 2 is 2.18 bits per heavy atom. The van der Waals surface area contributed by atoms with Crippen molar-refractivity contribution in [3.05, 3.63) is 35.4 Å². The molecule has 1 aliphatic heterocycles. The third-order valence-corrected chi connectivity index (χ3v) is 4.94. The Balaban J connectivity index is 1.84. The van der Waals surface area contributed by atoms with Crippen LogP contribution in [0.3, 0.4) is 0 Å². The summed E-state index contributed by atoms with van der Waals surface area (Å²) in [5.74, 6) is 0.272. The molecule has 0 bridgehead atoms. The van der Waals surface area contributed by atoms with Crippen LogP contribution in [0.1, 0.15) is 6.92 Å². The number of nitrogens with one attached hydrogen (secondary N) is 1. The van der Waals surface area contributed by atoms with E-state index in [0.29, 0.717) is 35.3 Å². The molecule has 1 saturated heterocycles. The summed E-state index contributed by atoms with van der Waals surface area (Å²) in [6, 6.07) is 7.12. The van der Waals surface area contributed by atoms with Crippen molar-refractivity contribution in [2.24, 2.45) is 0 Å². The van der Waals surface area contributed by atoms with Crippen LogP contribution < -0.4 is 10.1 Å². The Kier molecular flexibility index (Phi) is 8.34. The molecule has 0 saturated carbocycles. The molecule has 0 radical (unpaired) electrons. The predicted octanol–water partition coefficient (Wildman–Crippen LogP) is 1.55. The highest BCUT2D eigenvalue weighted by Gasteiger charge is 2.27. The van der Waals surface area contributed by atoms with E-state index in [4.69, 9.17) is 9.47 Å². The molecule has 0 aromatic heterocycles. The minimum absolute atomic E-state index is 0.0604. The van der Waals surface area contributed by atoms with Crippen LogP contribution in [0.5, 0.6) is 5.75 Å². The van der Waals surface area contributed by atoms with Crippen molar-refractivity contribution in [3.63, 3.8) is 0 Å². The van der Waals surface area contributed by atoms with Gasteiger partial charge in [0.15, 0.2) is 0 Å². The molecule has 0 spiro atoms. The van der Waals surface area contributed by atoms with Gasteiger partial charge in [-0.15, -0.1) is 0 Å². The van der Waals surface area contributed by atoms with Crippen molar-refractivity contribution in [2.45, 2.75) is 6.92 Å². The molecule has 9 heteroatoms. The average molecular weight is 407 g/mol. The van der Waals surface area contributed by atoms with E-state index in [-0.39, 0.29) is 25.0 Å². The molecule has 1 heterocycles. The van der Waals surface area contributed by atoms with E-state index in [1.807, 2.05) is 4.90 Å². The molecular weight excluding hydrogens is 382 g/mol. The van der Waals surface area contributed by atoms with Crippen molar-refractivity contribution in [1.82, 2.24) is 9.80 Å². The summed E-state index contributed by atoms with van der Waals surface area (Å²) in [5.41, 5.74) is 0.656. The van der Waals surface area contributed by atoms with Gasteiger partial charge in [-0.2, -0.15) is 0 Å². The van der Waals surface area contributed by atoms with Crippen LogP contribution >= 0.6 is 11.8 Å². The second kappa shape index (κ2) is 10.7. The summed E-state index contributed by atoms with van der Waals surface area (Å²) < 4.78 is 10.0. The van der Waals surface area contributed by atoms with Crippen LogP contribution in [-0.2, 0) is 19.1 Å². The first-order valence-electron chi connectivity index (χ1n) is 8.87. The number of nitrogens with zero attached hydrogens (tertiary/aromatic N) is 2. The number of carbonyl (C=O) groups excluding carboxylic acids is 3. The molecule has 8 nitrogen and oxygen atoms in total. The van der Waals surface area contributed by atoms with E-state index in [1.54, 1.807) is 50.2 Å². The van der Waals surface area contributed by atoms with Crippen LogP contribution in [0, 0.1) is 0 Å². The standard InChI is InChI=1S/C19H25N3O5S/c1-4-27-19(25)11-18-22(17(24)13-28-18)9-8-21(2)12-16(23)20-14-6-5-7-15(10-14)26-3/h5-7,10-11H,4,8-9,12-13H2,1-3H3,(H,20,23)/b18-11-. The Labute approximate surface area is 168 Å². The first kappa shape index (κ1) is 21.8. The summed E-state index contributed by atoms with van der Waals surface area (Å²) >= 11 is 1.31. The number of hydrogen-bond acceptors (Lipinski definition) is 7. The molecule has 0 unspecified atom stereocenters. The molecule has 152 valence electrons. The molecule has 1 aliphatic rings. The fourth-order valence-electron chi connectivity index (χ4n) is 2.55. The summed E-state index contributed by atoms with van der Waals surface area (Å²) in [4.78, 5) is 39.3. The van der Waals surface area contributed by atoms with Gasteiger partial charge in [0, 0.05) is 24.8 Å². The maximum Gasteiger partial charge on any atom is 0.333 e. The summed E-state index contributed by atoms with van der Waals surface area (Å²) in [7, 11) is 3.37. The Hall–Kier alpha value is -2.52. The van der Waals surface area contributed by atoms with Crippen LogP contribution in [0.15, 0.2) is 35.4 Å². The minimum Gasteiger partial charge on any atom is -0.497 e. The van der Waals surface area contributed by atoms with Gasteiger partial charge >= 0.3 is 5.97 Å². The van der Waals surface area contributed by atoms with Gasteiger partial charge < -0.3 is 19.7 Å². The van der Waals surface area contributed by atoms with E-state index < -0.39 is 5.97 Å². The lowest BCUT2D eigenvalue weighted by Crippen LogP contribution is -2.37. The maximum atomic E-state index is 12.2. The van der Waals surface area contributed by atoms with Gasteiger partial charge in [0.1, 0.15) is 5.75 Å². The Morgan fingerprint density at radius 3 is 2.89 bits per heavy atom. The third kappa shape index (κ3) is 6.58. The van der Waals surface area contributed by atoms with Gasteiger partial charge in [0.05, 0.1) is 37.1 Å². The number of amides is 2. The smallest absolute Gasteiger partial charge is 0.333 e. The molecule has 1 fully saturated rings. The fraction of sp³-hybridized carbons (Fsp3) is 0.421. The van der Waals surface area contributed by atoms with E-state index in [9.17, 15) is 14.4 Å². The van der Waals surface area contributed by atoms with E-state index in [1.165, 1.54) is 17.8 Å². The minimum atomic E-state index is -0.462. The number of carbonyl (C=O) groups is 3. The zero-order valence-electron chi connectivity index (χ0n) is 16.3. The Bertz CT molecular complexity index is 753. The molecule has 0 atom stereocenters. The van der Waals surface area contributed by atoms with E-state index >= 15 is 0 Å². The highest BCUT2D eigenvalue weighted by Crippen LogP contribution is 2.28. The summed E-state index contributed by atoms with van der Waals surface area (Å²) in [6.07, 6.45) is 1.34. The van der Waals surface area contributed by atoms with Crippen LogP contribution in [0.2, 0.25) is 0 Å². The van der Waals surface area contributed by atoms with Gasteiger partial charge in [-0.1, -0.05) is 17.8 Å². The number of hydrogen-bond donors (Lipinski definition) is 1. The van der Waals surface area contributed by atoms with Gasteiger partial charge in [-0.25, -0.2) is 4.79 Å². The highest BCUT2D eigenvalue weighted by atomic mass is 32.2. The second-order valence-electron chi connectivity index (χ2n) is 6.09. The number of likely N-dealkylation sites (N-methyl/N-ethyl adjacent to an activating group) is 1. The molecule has 2 amide bonds. The quantitative estimate of drug-likeness (QED) is 0.491. The van der Waals surface area contributed by atoms with E-state index in [0.717, 1.165) is 0 Å². The number of esters is 1. The van der Waals surface area contributed by atoms with Gasteiger partial charge in [-0.05, 0) is 26.1 Å². The van der Waals surface area contributed by atoms with Crippen LogP contribution in [-0.4, -0.2) is 73.7 Å². The van der Waals surface area contributed by atoms with Gasteiger partial charge in [-0.3, -0.25) is 14.5 Å². The molecule has 2 rings (SSSR count). The number of anilines is 1. The lowest BCUT2D eigenvalue weighted by atomic mass is 10.3. The first-order chi connectivity index (χ1) is 13.4. The van der Waals surface area contributed by atoms with Gasteiger partial charge in [0.2, 0.25) is 11.8 Å². The molecule has 1 aromatic carbocycles. The zero-order chi connectivity index (χ0) is 20.5. The number of thioether (sulfide) groups is 1. The molecule has 0 aliphatic carbocycles. The third-order valence-electron chi connectivity index (χ3n) is 3.91. The Morgan fingerprint density at radius 1 is 1.39 bits per heavy atom. The average Bonchev–Trinajstić information content (AvgIpc) is 2.99. The van der Waals surface area contributed by atoms with Crippen molar-refractivity contribution in [3.8, 4) is 5.75 Å². The predicted molar refractivity (Wildman–Crippen MR) is 108 cm³/mol. The van der Waals surface area contributed by atoms with Gasteiger partial charge in [0.25, 0.3) is 0 Å².